The molecule has 1 rings (SSSR count). The van der Waals surface area contributed by atoms with Gasteiger partial charge in [0.15, 0.2) is 5.69 Å². The molecule has 5 heteroatoms. The number of pyridine rings is 1. The van der Waals surface area contributed by atoms with Crippen LogP contribution in [0.1, 0.15) is 30.8 Å². The van der Waals surface area contributed by atoms with Crippen LogP contribution in [-0.4, -0.2) is 42.0 Å². The van der Waals surface area contributed by atoms with E-state index in [-0.39, 0.29) is 5.91 Å². The lowest BCUT2D eigenvalue weighted by Crippen LogP contribution is -2.30. The quantitative estimate of drug-likeness (QED) is 0.712. The molecule has 0 fully saturated rings. The van der Waals surface area contributed by atoms with Crippen LogP contribution >= 0.6 is 0 Å². The second kappa shape index (κ2) is 7.66. The van der Waals surface area contributed by atoms with E-state index in [9.17, 15) is 4.79 Å². The Kier molecular flexibility index (Phi) is 6.14. The van der Waals surface area contributed by atoms with Crippen LogP contribution in [0.2, 0.25) is 0 Å². The van der Waals surface area contributed by atoms with E-state index in [0.717, 1.165) is 26.1 Å². The van der Waals surface area contributed by atoms with E-state index in [4.69, 9.17) is 5.73 Å². The summed E-state index contributed by atoms with van der Waals surface area (Å²) >= 11 is 0. The summed E-state index contributed by atoms with van der Waals surface area (Å²) in [5.74, 6) is -0.201. The van der Waals surface area contributed by atoms with Crippen molar-refractivity contribution in [1.82, 2.24) is 15.2 Å². The van der Waals surface area contributed by atoms with Crippen LogP contribution in [0, 0.1) is 0 Å². The van der Waals surface area contributed by atoms with Crippen LogP contribution < -0.4 is 11.1 Å². The Bertz CT molecular complexity index is 377. The van der Waals surface area contributed by atoms with Crippen molar-refractivity contribution in [3.05, 3.63) is 24.0 Å². The third-order valence-corrected chi connectivity index (χ3v) is 2.89. The molecule has 0 unspecified atom stereocenters. The number of aromatic nitrogens is 1. The van der Waals surface area contributed by atoms with Crippen molar-refractivity contribution >= 4 is 11.6 Å². The molecule has 1 amide bonds. The first-order valence-corrected chi connectivity index (χ1v) is 6.40. The van der Waals surface area contributed by atoms with Crippen molar-refractivity contribution in [3.63, 3.8) is 0 Å². The van der Waals surface area contributed by atoms with Gasteiger partial charge in [0.25, 0.3) is 5.91 Å². The van der Waals surface area contributed by atoms with Crippen molar-refractivity contribution in [2.75, 3.05) is 31.9 Å². The van der Waals surface area contributed by atoms with E-state index in [1.165, 1.54) is 0 Å². The van der Waals surface area contributed by atoms with Gasteiger partial charge in [-0.3, -0.25) is 4.79 Å². The lowest BCUT2D eigenvalue weighted by molar-refractivity contribution is 0.0948. The summed E-state index contributed by atoms with van der Waals surface area (Å²) in [7, 11) is 0. The third-order valence-electron chi connectivity index (χ3n) is 2.89. The van der Waals surface area contributed by atoms with Gasteiger partial charge in [-0.2, -0.15) is 0 Å². The van der Waals surface area contributed by atoms with E-state index >= 15 is 0 Å². The van der Waals surface area contributed by atoms with Crippen LogP contribution in [0.15, 0.2) is 18.3 Å². The molecule has 5 nitrogen and oxygen atoms in total. The molecule has 0 spiro atoms. The van der Waals surface area contributed by atoms with Crippen molar-refractivity contribution in [3.8, 4) is 0 Å². The monoisotopic (exact) mass is 250 g/mol. The first-order valence-electron chi connectivity index (χ1n) is 6.40. The van der Waals surface area contributed by atoms with Crippen LogP contribution in [0.25, 0.3) is 0 Å². The molecule has 0 radical (unpaired) electrons. The van der Waals surface area contributed by atoms with Gasteiger partial charge in [-0.15, -0.1) is 0 Å². The third kappa shape index (κ3) is 4.33. The first-order chi connectivity index (χ1) is 8.69. The second-order valence-corrected chi connectivity index (χ2v) is 4.08. The van der Waals surface area contributed by atoms with Crippen molar-refractivity contribution in [2.24, 2.45) is 0 Å². The van der Waals surface area contributed by atoms with Gasteiger partial charge in [-0.05, 0) is 38.2 Å². The Morgan fingerprint density at radius 2 is 2.17 bits per heavy atom. The fraction of sp³-hybridized carbons (Fsp3) is 0.538. The van der Waals surface area contributed by atoms with Crippen LogP contribution in [0.5, 0.6) is 0 Å². The number of nitrogens with one attached hydrogen (secondary N) is 1. The number of carbonyl (C=O) groups excluding carboxylic acids is 1. The molecule has 0 aliphatic carbocycles. The Balaban J connectivity index is 2.32. The van der Waals surface area contributed by atoms with Crippen molar-refractivity contribution in [2.45, 2.75) is 20.3 Å². The molecular weight excluding hydrogens is 228 g/mol. The zero-order chi connectivity index (χ0) is 13.4. The molecule has 18 heavy (non-hydrogen) atoms. The normalized spacial score (nSPS) is 10.6. The summed E-state index contributed by atoms with van der Waals surface area (Å²) < 4.78 is 0. The maximum Gasteiger partial charge on any atom is 0.272 e. The van der Waals surface area contributed by atoms with E-state index in [1.54, 1.807) is 18.3 Å². The molecule has 0 saturated carbocycles. The van der Waals surface area contributed by atoms with Crippen molar-refractivity contribution < 1.29 is 4.79 Å². The minimum atomic E-state index is -0.201. The number of nitrogen functional groups attached to an aromatic ring is 1. The fourth-order valence-corrected chi connectivity index (χ4v) is 1.74. The molecule has 1 heterocycles. The van der Waals surface area contributed by atoms with E-state index in [1.807, 2.05) is 0 Å². The smallest absolute Gasteiger partial charge is 0.272 e. The Morgan fingerprint density at radius 3 is 2.78 bits per heavy atom. The number of nitrogens with zero attached hydrogens (tertiary/aromatic N) is 2. The molecule has 0 bridgehead atoms. The van der Waals surface area contributed by atoms with E-state index in [2.05, 4.69) is 29.0 Å². The largest absolute Gasteiger partial charge is 0.397 e. The number of rotatable bonds is 7. The number of carbonyl (C=O) groups is 1. The summed E-state index contributed by atoms with van der Waals surface area (Å²) in [6.07, 6.45) is 2.50. The molecular formula is C13H22N4O. The van der Waals surface area contributed by atoms with Gasteiger partial charge in [0, 0.05) is 12.7 Å². The van der Waals surface area contributed by atoms with Gasteiger partial charge in [0.2, 0.25) is 0 Å². The average molecular weight is 250 g/mol. The van der Waals surface area contributed by atoms with Gasteiger partial charge in [-0.25, -0.2) is 4.98 Å². The summed E-state index contributed by atoms with van der Waals surface area (Å²) in [5, 5.41) is 2.84. The highest BCUT2D eigenvalue weighted by atomic mass is 16.1. The predicted molar refractivity (Wildman–Crippen MR) is 73.4 cm³/mol. The van der Waals surface area contributed by atoms with Gasteiger partial charge < -0.3 is 16.0 Å². The highest BCUT2D eigenvalue weighted by Gasteiger charge is 2.09. The first kappa shape index (κ1) is 14.4. The zero-order valence-corrected chi connectivity index (χ0v) is 11.1. The number of nitrogens with two attached hydrogens (primary N) is 1. The van der Waals surface area contributed by atoms with Gasteiger partial charge in [0.05, 0.1) is 5.69 Å². The Hall–Kier alpha value is -1.62. The Labute approximate surface area is 108 Å². The lowest BCUT2D eigenvalue weighted by Gasteiger charge is -2.17. The molecule has 0 aromatic carbocycles. The number of hydrogen-bond donors (Lipinski definition) is 2. The summed E-state index contributed by atoms with van der Waals surface area (Å²) in [6, 6.07) is 3.39. The summed E-state index contributed by atoms with van der Waals surface area (Å²) in [6.45, 7) is 7.99. The zero-order valence-electron chi connectivity index (χ0n) is 11.1. The van der Waals surface area contributed by atoms with Crippen molar-refractivity contribution in [1.29, 1.82) is 0 Å². The summed E-state index contributed by atoms with van der Waals surface area (Å²) in [4.78, 5) is 18.1. The Morgan fingerprint density at radius 1 is 1.44 bits per heavy atom. The molecule has 3 N–H and O–H groups in total. The molecule has 0 saturated heterocycles. The van der Waals surface area contributed by atoms with Gasteiger partial charge in [-0.1, -0.05) is 13.8 Å². The summed E-state index contributed by atoms with van der Waals surface area (Å²) in [5.41, 5.74) is 6.41. The van der Waals surface area contributed by atoms with Crippen LogP contribution in [0.3, 0.4) is 0 Å². The molecule has 1 aromatic heterocycles. The molecule has 100 valence electrons. The van der Waals surface area contributed by atoms with Gasteiger partial charge in [0.1, 0.15) is 0 Å². The highest BCUT2D eigenvalue weighted by Crippen LogP contribution is 2.06. The number of amides is 1. The minimum Gasteiger partial charge on any atom is -0.397 e. The predicted octanol–water partition coefficient (Wildman–Crippen LogP) is 1.13. The highest BCUT2D eigenvalue weighted by molar-refractivity contribution is 5.96. The maximum atomic E-state index is 11.8. The molecule has 0 aliphatic heterocycles. The molecule has 1 aromatic rings. The average Bonchev–Trinajstić information content (AvgIpc) is 2.39. The SMILES string of the molecule is CCN(CC)CCCNC(=O)c1ncccc1N. The standard InChI is InChI=1S/C13H22N4O/c1-3-17(4-2)10-6-9-16-13(18)12-11(14)7-5-8-15-12/h5,7-8H,3-4,6,9-10,14H2,1-2H3,(H,16,18). The fourth-order valence-electron chi connectivity index (χ4n) is 1.74. The topological polar surface area (TPSA) is 71.2 Å². The van der Waals surface area contributed by atoms with E-state index in [0.29, 0.717) is 17.9 Å². The van der Waals surface area contributed by atoms with Crippen LogP contribution in [-0.2, 0) is 0 Å². The maximum absolute atomic E-state index is 11.8. The van der Waals surface area contributed by atoms with Gasteiger partial charge >= 0.3 is 0 Å². The second-order valence-electron chi connectivity index (χ2n) is 4.08. The van der Waals surface area contributed by atoms with E-state index < -0.39 is 0 Å². The lowest BCUT2D eigenvalue weighted by atomic mass is 10.3. The minimum absolute atomic E-state index is 0.201. The molecule has 0 aliphatic rings. The van der Waals surface area contributed by atoms with Crippen LogP contribution in [0.4, 0.5) is 5.69 Å². The number of hydrogen-bond acceptors (Lipinski definition) is 4. The number of anilines is 1. The molecule has 0 atom stereocenters.